The predicted octanol–water partition coefficient (Wildman–Crippen LogP) is 2.69. The average Bonchev–Trinajstić information content (AvgIpc) is 2.19. The zero-order valence-corrected chi connectivity index (χ0v) is 8.84. The lowest BCUT2D eigenvalue weighted by Gasteiger charge is -2.29. The first-order valence-corrected chi connectivity index (χ1v) is 5.18. The molecule has 0 aliphatic heterocycles. The van der Waals surface area contributed by atoms with E-state index >= 15 is 0 Å². The summed E-state index contributed by atoms with van der Waals surface area (Å²) in [5.74, 6) is 0. The van der Waals surface area contributed by atoms with Gasteiger partial charge in [0.1, 0.15) is 6.29 Å². The van der Waals surface area contributed by atoms with Crippen LogP contribution in [0.25, 0.3) is 0 Å². The van der Waals surface area contributed by atoms with Crippen molar-refractivity contribution >= 4 is 6.29 Å². The molecule has 0 saturated carbocycles. The lowest BCUT2D eigenvalue weighted by Crippen LogP contribution is -2.27. The Hall–Kier alpha value is -1.11. The number of hydrogen-bond acceptors (Lipinski definition) is 1. The van der Waals surface area contributed by atoms with Crippen molar-refractivity contribution in [3.63, 3.8) is 0 Å². The van der Waals surface area contributed by atoms with Gasteiger partial charge in [-0.1, -0.05) is 30.7 Å². The highest BCUT2D eigenvalue weighted by atomic mass is 16.1. The number of aryl methyl sites for hydroxylation is 2. The number of carbonyl (C=O) groups is 1. The molecule has 1 aromatic rings. The lowest BCUT2D eigenvalue weighted by molar-refractivity contribution is -0.115. The molecule has 2 rings (SSSR count). The summed E-state index contributed by atoms with van der Waals surface area (Å²) < 4.78 is 0. The fraction of sp³-hybridized carbons (Fsp3) is 0.462. The van der Waals surface area contributed by atoms with Crippen LogP contribution in [0.2, 0.25) is 0 Å². The Labute approximate surface area is 85.1 Å². The van der Waals surface area contributed by atoms with Crippen LogP contribution in [-0.4, -0.2) is 6.29 Å². The van der Waals surface area contributed by atoms with Gasteiger partial charge in [0.25, 0.3) is 0 Å². The summed E-state index contributed by atoms with van der Waals surface area (Å²) in [6.45, 7) is 4.18. The van der Waals surface area contributed by atoms with Gasteiger partial charge in [0.15, 0.2) is 0 Å². The van der Waals surface area contributed by atoms with E-state index in [0.717, 1.165) is 25.5 Å². The molecule has 14 heavy (non-hydrogen) atoms. The monoisotopic (exact) mass is 188 g/mol. The Balaban J connectivity index is 2.36. The third-order valence-electron chi connectivity index (χ3n) is 3.21. The summed E-state index contributed by atoms with van der Waals surface area (Å²) in [5, 5.41) is 0. The molecule has 0 spiro atoms. The maximum absolute atomic E-state index is 11.0. The Morgan fingerprint density at radius 1 is 1.36 bits per heavy atom. The first-order chi connectivity index (χ1) is 6.63. The van der Waals surface area contributed by atoms with Crippen LogP contribution >= 0.6 is 0 Å². The van der Waals surface area contributed by atoms with Gasteiger partial charge in [-0.15, -0.1) is 0 Å². The van der Waals surface area contributed by atoms with Gasteiger partial charge in [-0.05, 0) is 37.3 Å². The van der Waals surface area contributed by atoms with Crippen molar-refractivity contribution in [2.75, 3.05) is 0 Å². The van der Waals surface area contributed by atoms with E-state index in [4.69, 9.17) is 0 Å². The Morgan fingerprint density at radius 3 is 2.86 bits per heavy atom. The highest BCUT2D eigenvalue weighted by molar-refractivity contribution is 5.61. The highest BCUT2D eigenvalue weighted by Gasteiger charge is 2.29. The molecule has 0 fully saturated rings. The fourth-order valence-electron chi connectivity index (χ4n) is 2.20. The minimum absolute atomic E-state index is 0.123. The highest BCUT2D eigenvalue weighted by Crippen LogP contribution is 2.33. The zero-order chi connectivity index (χ0) is 10.2. The van der Waals surface area contributed by atoms with Crippen molar-refractivity contribution < 1.29 is 4.79 Å². The van der Waals surface area contributed by atoms with Gasteiger partial charge in [-0.3, -0.25) is 0 Å². The smallest absolute Gasteiger partial charge is 0.126 e. The third kappa shape index (κ3) is 1.59. The molecule has 0 N–H and O–H groups in total. The second-order valence-corrected chi connectivity index (χ2v) is 4.72. The summed E-state index contributed by atoms with van der Waals surface area (Å²) in [7, 11) is 0. The number of aldehydes is 1. The van der Waals surface area contributed by atoms with E-state index < -0.39 is 0 Å². The standard InChI is InChI=1S/C13H16O/c1-10-3-4-12-8-13(2,9-14)6-5-11(12)7-10/h3-4,7,9H,5-6,8H2,1-2H3. The van der Waals surface area contributed by atoms with E-state index in [1.165, 1.54) is 16.7 Å². The molecule has 0 aromatic heterocycles. The molecule has 1 aromatic carbocycles. The second kappa shape index (κ2) is 3.23. The lowest BCUT2D eigenvalue weighted by atomic mass is 9.74. The van der Waals surface area contributed by atoms with Crippen LogP contribution in [0.15, 0.2) is 18.2 Å². The third-order valence-corrected chi connectivity index (χ3v) is 3.21. The van der Waals surface area contributed by atoms with E-state index in [0.29, 0.717) is 0 Å². The summed E-state index contributed by atoms with van der Waals surface area (Å²) in [6, 6.07) is 6.56. The van der Waals surface area contributed by atoms with Crippen molar-refractivity contribution in [2.45, 2.75) is 33.1 Å². The van der Waals surface area contributed by atoms with Crippen LogP contribution in [0.1, 0.15) is 30.0 Å². The van der Waals surface area contributed by atoms with Gasteiger partial charge < -0.3 is 4.79 Å². The van der Waals surface area contributed by atoms with E-state index in [1.54, 1.807) is 0 Å². The Kier molecular flexibility index (Phi) is 2.18. The Bertz CT molecular complexity index is 367. The predicted molar refractivity (Wildman–Crippen MR) is 57.4 cm³/mol. The number of carbonyl (C=O) groups excluding carboxylic acids is 1. The zero-order valence-electron chi connectivity index (χ0n) is 8.84. The second-order valence-electron chi connectivity index (χ2n) is 4.72. The molecule has 1 aliphatic rings. The summed E-state index contributed by atoms with van der Waals surface area (Å²) in [5.41, 5.74) is 3.99. The van der Waals surface area contributed by atoms with Crippen molar-refractivity contribution in [3.8, 4) is 0 Å². The van der Waals surface area contributed by atoms with Crippen molar-refractivity contribution in [1.29, 1.82) is 0 Å². The molecule has 1 nitrogen and oxygen atoms in total. The molecule has 0 amide bonds. The van der Waals surface area contributed by atoms with Crippen LogP contribution in [0.3, 0.4) is 0 Å². The van der Waals surface area contributed by atoms with Crippen LogP contribution in [-0.2, 0) is 17.6 Å². The van der Waals surface area contributed by atoms with Gasteiger partial charge in [0.05, 0.1) is 0 Å². The van der Waals surface area contributed by atoms with Crippen molar-refractivity contribution in [3.05, 3.63) is 34.9 Å². The quantitative estimate of drug-likeness (QED) is 0.619. The molecule has 74 valence electrons. The summed E-state index contributed by atoms with van der Waals surface area (Å²) >= 11 is 0. The Morgan fingerprint density at radius 2 is 2.14 bits per heavy atom. The van der Waals surface area contributed by atoms with Gasteiger partial charge in [0.2, 0.25) is 0 Å². The maximum atomic E-state index is 11.0. The van der Waals surface area contributed by atoms with E-state index in [-0.39, 0.29) is 5.41 Å². The average molecular weight is 188 g/mol. The van der Waals surface area contributed by atoms with E-state index in [2.05, 4.69) is 32.0 Å². The molecule has 0 heterocycles. The fourth-order valence-corrected chi connectivity index (χ4v) is 2.20. The molecular formula is C13H16O. The normalized spacial score (nSPS) is 25.6. The molecule has 1 aliphatic carbocycles. The number of benzene rings is 1. The van der Waals surface area contributed by atoms with Crippen LogP contribution in [0.5, 0.6) is 0 Å². The summed E-state index contributed by atoms with van der Waals surface area (Å²) in [4.78, 5) is 11.0. The molecule has 0 radical (unpaired) electrons. The first-order valence-electron chi connectivity index (χ1n) is 5.18. The molecule has 0 bridgehead atoms. The molecule has 1 heteroatoms. The number of rotatable bonds is 1. The number of fused-ring (bicyclic) bond motifs is 1. The molecular weight excluding hydrogens is 172 g/mol. The van der Waals surface area contributed by atoms with Crippen molar-refractivity contribution in [1.82, 2.24) is 0 Å². The van der Waals surface area contributed by atoms with Crippen LogP contribution < -0.4 is 0 Å². The van der Waals surface area contributed by atoms with Crippen LogP contribution in [0.4, 0.5) is 0 Å². The van der Waals surface area contributed by atoms with Gasteiger partial charge in [-0.25, -0.2) is 0 Å². The van der Waals surface area contributed by atoms with Crippen LogP contribution in [0, 0.1) is 12.3 Å². The van der Waals surface area contributed by atoms with Gasteiger partial charge in [0, 0.05) is 5.41 Å². The molecule has 0 saturated heterocycles. The molecule has 1 atom stereocenters. The van der Waals surface area contributed by atoms with Crippen molar-refractivity contribution in [2.24, 2.45) is 5.41 Å². The van der Waals surface area contributed by atoms with E-state index in [9.17, 15) is 4.79 Å². The summed E-state index contributed by atoms with van der Waals surface area (Å²) in [6.07, 6.45) is 4.07. The SMILES string of the molecule is Cc1ccc2c(c1)CCC(C)(C=O)C2. The number of hydrogen-bond donors (Lipinski definition) is 0. The molecule has 1 unspecified atom stereocenters. The van der Waals surface area contributed by atoms with Gasteiger partial charge >= 0.3 is 0 Å². The topological polar surface area (TPSA) is 17.1 Å². The minimum Gasteiger partial charge on any atom is -0.303 e. The van der Waals surface area contributed by atoms with Gasteiger partial charge in [-0.2, -0.15) is 0 Å². The first kappa shape index (κ1) is 9.45. The maximum Gasteiger partial charge on any atom is 0.126 e. The van der Waals surface area contributed by atoms with E-state index in [1.807, 2.05) is 0 Å². The minimum atomic E-state index is -0.123. The largest absolute Gasteiger partial charge is 0.303 e.